The number of nitrogens with one attached hydrogen (secondary N) is 1. The Morgan fingerprint density at radius 3 is 2.27 bits per heavy atom. The van der Waals surface area contributed by atoms with E-state index in [1.165, 1.54) is 18.4 Å². The van der Waals surface area contributed by atoms with E-state index in [0.717, 1.165) is 38.2 Å². The van der Waals surface area contributed by atoms with Crippen LogP contribution in [0.3, 0.4) is 0 Å². The average molecular weight is 460 g/mol. The van der Waals surface area contributed by atoms with Gasteiger partial charge in [0.05, 0.1) is 11.7 Å². The van der Waals surface area contributed by atoms with Crippen LogP contribution in [0.15, 0.2) is 24.3 Å². The van der Waals surface area contributed by atoms with E-state index in [1.807, 2.05) is 26.0 Å². The molecule has 1 N–H and O–H groups in total. The molecule has 33 heavy (non-hydrogen) atoms. The van der Waals surface area contributed by atoms with Crippen LogP contribution in [0.1, 0.15) is 105 Å². The predicted octanol–water partition coefficient (Wildman–Crippen LogP) is 7.12. The molecule has 0 spiro atoms. The molecule has 4 heteroatoms. The maximum Gasteiger partial charge on any atom is 0.220 e. The van der Waals surface area contributed by atoms with Gasteiger partial charge in [0.25, 0.3) is 0 Å². The van der Waals surface area contributed by atoms with Gasteiger partial charge in [-0.25, -0.2) is 0 Å². The van der Waals surface area contributed by atoms with Crippen LogP contribution in [0.4, 0.5) is 0 Å². The van der Waals surface area contributed by atoms with Crippen LogP contribution in [-0.2, 0) is 9.53 Å². The molecule has 0 bridgehead atoms. The molecule has 4 nitrogen and oxygen atoms in total. The molecule has 2 rings (SSSR count). The molecule has 1 amide bonds. The van der Waals surface area contributed by atoms with Gasteiger partial charge in [-0.2, -0.15) is 0 Å². The highest BCUT2D eigenvalue weighted by Crippen LogP contribution is 2.45. The first kappa shape index (κ1) is 27.7. The average Bonchev–Trinajstić information content (AvgIpc) is 2.70. The van der Waals surface area contributed by atoms with Gasteiger partial charge >= 0.3 is 0 Å². The second-order valence-electron chi connectivity index (χ2n) is 11.9. The largest absolute Gasteiger partial charge is 0.491 e. The van der Waals surface area contributed by atoms with Gasteiger partial charge in [0.2, 0.25) is 5.91 Å². The fourth-order valence-corrected chi connectivity index (χ4v) is 5.28. The Morgan fingerprint density at radius 1 is 1.06 bits per heavy atom. The van der Waals surface area contributed by atoms with Gasteiger partial charge in [0.1, 0.15) is 5.75 Å². The van der Waals surface area contributed by atoms with Gasteiger partial charge < -0.3 is 14.8 Å². The summed E-state index contributed by atoms with van der Waals surface area (Å²) in [5, 5.41) is 3.26. The lowest BCUT2D eigenvalue weighted by Crippen LogP contribution is -2.43. The van der Waals surface area contributed by atoms with Crippen LogP contribution in [0.5, 0.6) is 5.75 Å². The van der Waals surface area contributed by atoms with Crippen LogP contribution in [0.2, 0.25) is 0 Å². The van der Waals surface area contributed by atoms with Crippen molar-refractivity contribution in [1.29, 1.82) is 0 Å². The normalized spacial score (nSPS) is 21.4. The Balaban J connectivity index is 1.95. The lowest BCUT2D eigenvalue weighted by molar-refractivity contribution is -0.122. The maximum absolute atomic E-state index is 12.9. The number of carbonyl (C=O) groups excluding carboxylic acids is 1. The summed E-state index contributed by atoms with van der Waals surface area (Å²) in [6, 6.07) is 8.27. The lowest BCUT2D eigenvalue weighted by atomic mass is 9.68. The SMILES string of the molecule is CC(C)CC[C@@]1(CCNC(=O)C[C@@H](c2ccc(OC(C)C)cc2)C(C)C)CCOC(C)(C)C1. The molecule has 1 aliphatic heterocycles. The standard InChI is InChI=1S/C29H49NO3/c1-21(2)13-14-29(16-18-32-28(7,8)20-29)15-17-30-27(31)19-26(22(3)4)24-9-11-25(12-10-24)33-23(5)6/h9-12,21-23,26H,13-20H2,1-8H3,(H,30,31)/t26-,29-/m1/s1. The van der Waals surface area contributed by atoms with Crippen molar-refractivity contribution in [2.45, 2.75) is 112 Å². The van der Waals surface area contributed by atoms with E-state index >= 15 is 0 Å². The summed E-state index contributed by atoms with van der Waals surface area (Å²) in [4.78, 5) is 12.9. The molecule has 0 unspecified atom stereocenters. The minimum atomic E-state index is -0.0760. The van der Waals surface area contributed by atoms with Crippen LogP contribution in [-0.4, -0.2) is 30.8 Å². The van der Waals surface area contributed by atoms with E-state index in [1.54, 1.807) is 0 Å². The summed E-state index contributed by atoms with van der Waals surface area (Å²) in [6.45, 7) is 19.0. The Hall–Kier alpha value is -1.55. The first-order valence-electron chi connectivity index (χ1n) is 13.1. The van der Waals surface area contributed by atoms with E-state index in [4.69, 9.17) is 9.47 Å². The second-order valence-corrected chi connectivity index (χ2v) is 11.9. The second kappa shape index (κ2) is 12.2. The summed E-state index contributed by atoms with van der Waals surface area (Å²) in [5.41, 5.74) is 1.40. The van der Waals surface area contributed by atoms with Crippen molar-refractivity contribution in [2.24, 2.45) is 17.3 Å². The Morgan fingerprint density at radius 2 is 1.73 bits per heavy atom. The number of amides is 1. The molecule has 0 saturated carbocycles. The smallest absolute Gasteiger partial charge is 0.220 e. The molecule has 1 aromatic carbocycles. The molecule has 1 fully saturated rings. The van der Waals surface area contributed by atoms with E-state index in [9.17, 15) is 4.79 Å². The van der Waals surface area contributed by atoms with E-state index in [2.05, 4.69) is 59.0 Å². The molecule has 2 atom stereocenters. The molecule has 0 aromatic heterocycles. The highest BCUT2D eigenvalue weighted by molar-refractivity contribution is 5.76. The molecule has 0 aliphatic carbocycles. The molecule has 1 aromatic rings. The van der Waals surface area contributed by atoms with Crippen LogP contribution >= 0.6 is 0 Å². The zero-order valence-corrected chi connectivity index (χ0v) is 22.5. The monoisotopic (exact) mass is 459 g/mol. The van der Waals surface area contributed by atoms with Crippen molar-refractivity contribution in [1.82, 2.24) is 5.32 Å². The van der Waals surface area contributed by atoms with Gasteiger partial charge in [-0.1, -0.05) is 46.2 Å². The fourth-order valence-electron chi connectivity index (χ4n) is 5.28. The maximum atomic E-state index is 12.9. The topological polar surface area (TPSA) is 47.6 Å². The predicted molar refractivity (Wildman–Crippen MR) is 138 cm³/mol. The Bertz CT molecular complexity index is 723. The number of carbonyl (C=O) groups is 1. The zero-order chi connectivity index (χ0) is 24.6. The number of rotatable bonds is 12. The molecular formula is C29H49NO3. The number of hydrogen-bond acceptors (Lipinski definition) is 3. The number of ether oxygens (including phenoxy) is 2. The minimum absolute atomic E-state index is 0.0760. The van der Waals surface area contributed by atoms with Crippen molar-refractivity contribution in [3.63, 3.8) is 0 Å². The Labute approximate surface area is 203 Å². The summed E-state index contributed by atoms with van der Waals surface area (Å²) in [7, 11) is 0. The summed E-state index contributed by atoms with van der Waals surface area (Å²) < 4.78 is 11.8. The third-order valence-electron chi connectivity index (χ3n) is 7.05. The van der Waals surface area contributed by atoms with Crippen molar-refractivity contribution < 1.29 is 14.3 Å². The van der Waals surface area contributed by atoms with Crippen molar-refractivity contribution in [3.05, 3.63) is 29.8 Å². The molecule has 1 heterocycles. The van der Waals surface area contributed by atoms with Gasteiger partial charge in [-0.15, -0.1) is 0 Å². The molecular weight excluding hydrogens is 410 g/mol. The summed E-state index contributed by atoms with van der Waals surface area (Å²) in [5.74, 6) is 2.33. The highest BCUT2D eigenvalue weighted by atomic mass is 16.5. The minimum Gasteiger partial charge on any atom is -0.491 e. The van der Waals surface area contributed by atoms with Gasteiger partial charge in [0.15, 0.2) is 0 Å². The van der Waals surface area contributed by atoms with Crippen molar-refractivity contribution in [2.75, 3.05) is 13.2 Å². The van der Waals surface area contributed by atoms with Crippen LogP contribution in [0.25, 0.3) is 0 Å². The van der Waals surface area contributed by atoms with Crippen LogP contribution < -0.4 is 10.1 Å². The zero-order valence-electron chi connectivity index (χ0n) is 22.5. The molecule has 188 valence electrons. The summed E-state index contributed by atoms with van der Waals surface area (Å²) >= 11 is 0. The first-order chi connectivity index (χ1) is 15.4. The fraction of sp³-hybridized carbons (Fsp3) is 0.759. The van der Waals surface area contributed by atoms with E-state index < -0.39 is 0 Å². The van der Waals surface area contributed by atoms with Crippen molar-refractivity contribution in [3.8, 4) is 5.75 Å². The first-order valence-corrected chi connectivity index (χ1v) is 13.1. The third-order valence-corrected chi connectivity index (χ3v) is 7.05. The molecule has 1 saturated heterocycles. The molecule has 1 aliphatic rings. The number of benzene rings is 1. The van der Waals surface area contributed by atoms with Crippen molar-refractivity contribution >= 4 is 5.91 Å². The van der Waals surface area contributed by atoms with E-state index in [0.29, 0.717) is 18.3 Å². The third kappa shape index (κ3) is 9.31. The Kier molecular flexibility index (Phi) is 10.3. The van der Waals surface area contributed by atoms with Gasteiger partial charge in [0, 0.05) is 19.6 Å². The summed E-state index contributed by atoms with van der Waals surface area (Å²) in [6.07, 6.45) is 6.33. The van der Waals surface area contributed by atoms with Gasteiger partial charge in [-0.05, 0) is 94.2 Å². The molecule has 0 radical (unpaired) electrons. The number of hydrogen-bond donors (Lipinski definition) is 1. The van der Waals surface area contributed by atoms with Gasteiger partial charge in [-0.3, -0.25) is 4.79 Å². The van der Waals surface area contributed by atoms with Crippen LogP contribution in [0, 0.1) is 17.3 Å². The highest BCUT2D eigenvalue weighted by Gasteiger charge is 2.40. The van der Waals surface area contributed by atoms with E-state index in [-0.39, 0.29) is 28.9 Å². The lowest BCUT2D eigenvalue weighted by Gasteiger charge is -2.45. The quantitative estimate of drug-likeness (QED) is 0.362.